The van der Waals surface area contributed by atoms with Crippen LogP contribution in [0.5, 0.6) is 0 Å². The van der Waals surface area contributed by atoms with E-state index in [4.69, 9.17) is 0 Å². The van der Waals surface area contributed by atoms with Gasteiger partial charge in [0.25, 0.3) is 0 Å². The highest BCUT2D eigenvalue weighted by atomic mass is 14.9. The van der Waals surface area contributed by atoms with Crippen LogP contribution in [0, 0.1) is 11.8 Å². The Bertz CT molecular complexity index is 1230. The summed E-state index contributed by atoms with van der Waals surface area (Å²) < 4.78 is 0. The highest BCUT2D eigenvalue weighted by molar-refractivity contribution is 5.50. The van der Waals surface area contributed by atoms with Crippen LogP contribution < -0.4 is 5.32 Å². The van der Waals surface area contributed by atoms with Gasteiger partial charge in [-0.1, -0.05) is 68.0 Å². The van der Waals surface area contributed by atoms with Crippen molar-refractivity contribution in [1.82, 2.24) is 5.32 Å². The van der Waals surface area contributed by atoms with Crippen LogP contribution in [-0.2, 0) is 19.3 Å². The Morgan fingerprint density at radius 2 is 1.66 bits per heavy atom. The average Bonchev–Trinajstić information content (AvgIpc) is 2.95. The van der Waals surface area contributed by atoms with Crippen molar-refractivity contribution in [2.75, 3.05) is 0 Å². The van der Waals surface area contributed by atoms with E-state index in [1.54, 1.807) is 44.6 Å². The third-order valence-electron chi connectivity index (χ3n) is 10.1. The first-order valence-corrected chi connectivity index (χ1v) is 15.7. The molecular formula is C37H47N. The van der Waals surface area contributed by atoms with Crippen molar-refractivity contribution >= 4 is 0 Å². The van der Waals surface area contributed by atoms with Crippen LogP contribution in [0.1, 0.15) is 101 Å². The average molecular weight is 506 g/mol. The number of rotatable bonds is 9. The predicted molar refractivity (Wildman–Crippen MR) is 162 cm³/mol. The molecule has 0 aliphatic heterocycles. The summed E-state index contributed by atoms with van der Waals surface area (Å²) in [5.74, 6) is 1.51. The van der Waals surface area contributed by atoms with Gasteiger partial charge in [-0.05, 0) is 147 Å². The van der Waals surface area contributed by atoms with Crippen LogP contribution in [0.3, 0.4) is 0 Å². The van der Waals surface area contributed by atoms with Gasteiger partial charge in [0.15, 0.2) is 0 Å². The SMILES string of the molecule is CCC(C)C1=CC2=C(C=C(C3=CC=C(NC4C=CC(CCCc5ccc6c(c5)CC6)CC4)CC3)CC2)CC1. The van der Waals surface area contributed by atoms with Crippen molar-refractivity contribution in [2.24, 2.45) is 11.8 Å². The van der Waals surface area contributed by atoms with Gasteiger partial charge < -0.3 is 5.32 Å². The molecule has 1 heteroatoms. The van der Waals surface area contributed by atoms with E-state index in [1.807, 2.05) is 0 Å². The third-order valence-corrected chi connectivity index (χ3v) is 10.1. The van der Waals surface area contributed by atoms with Gasteiger partial charge in [0.2, 0.25) is 0 Å². The van der Waals surface area contributed by atoms with Gasteiger partial charge in [-0.2, -0.15) is 0 Å². The Balaban J connectivity index is 0.983. The standard InChI is InChI=1S/C37H47N/c1-3-26(2)31-12-14-35-25-33(15-16-34(35)24-31)30-17-21-37(22-18-30)38-36-19-8-27(9-20-36)5-4-6-28-7-10-29-11-13-32(29)23-28/h7-8,10,17,19,21,23-27,36,38H,3-6,9,11-16,18,20,22H2,1-2H3. The zero-order valence-electron chi connectivity index (χ0n) is 23.8. The van der Waals surface area contributed by atoms with Gasteiger partial charge in [0.05, 0.1) is 0 Å². The molecule has 38 heavy (non-hydrogen) atoms. The topological polar surface area (TPSA) is 12.0 Å². The van der Waals surface area contributed by atoms with E-state index in [2.05, 4.69) is 73.8 Å². The molecule has 0 aromatic heterocycles. The number of aryl methyl sites for hydroxylation is 3. The summed E-state index contributed by atoms with van der Waals surface area (Å²) in [6.45, 7) is 4.71. The summed E-state index contributed by atoms with van der Waals surface area (Å²) in [6, 6.07) is 7.70. The third kappa shape index (κ3) is 5.88. The molecule has 3 atom stereocenters. The molecule has 0 spiro atoms. The Kier molecular flexibility index (Phi) is 7.91. The number of hydrogen-bond donors (Lipinski definition) is 1. The predicted octanol–water partition coefficient (Wildman–Crippen LogP) is 9.42. The van der Waals surface area contributed by atoms with Crippen molar-refractivity contribution < 1.29 is 0 Å². The van der Waals surface area contributed by atoms with Gasteiger partial charge in [-0.25, -0.2) is 0 Å². The van der Waals surface area contributed by atoms with Crippen molar-refractivity contribution in [3.8, 4) is 0 Å². The molecule has 0 amide bonds. The molecular weight excluding hydrogens is 458 g/mol. The zero-order valence-corrected chi connectivity index (χ0v) is 23.8. The molecule has 200 valence electrons. The first-order chi connectivity index (χ1) is 18.6. The van der Waals surface area contributed by atoms with Crippen LogP contribution in [-0.4, -0.2) is 6.04 Å². The lowest BCUT2D eigenvalue weighted by Gasteiger charge is -2.29. The van der Waals surface area contributed by atoms with E-state index >= 15 is 0 Å². The van der Waals surface area contributed by atoms with Gasteiger partial charge >= 0.3 is 0 Å². The normalized spacial score (nSPS) is 25.3. The summed E-state index contributed by atoms with van der Waals surface area (Å²) in [5.41, 5.74) is 14.3. The van der Waals surface area contributed by atoms with Gasteiger partial charge in [0, 0.05) is 11.7 Å². The fraction of sp³-hybridized carbons (Fsp3) is 0.514. The minimum absolute atomic E-state index is 0.510. The number of fused-ring (bicyclic) bond motifs is 1. The molecule has 0 saturated heterocycles. The van der Waals surface area contributed by atoms with E-state index in [0.29, 0.717) is 6.04 Å². The lowest BCUT2D eigenvalue weighted by molar-refractivity contribution is 0.443. The second-order valence-corrected chi connectivity index (χ2v) is 12.6. The molecule has 5 aliphatic carbocycles. The van der Waals surface area contributed by atoms with E-state index < -0.39 is 0 Å². The largest absolute Gasteiger partial charge is 0.382 e. The monoisotopic (exact) mass is 505 g/mol. The summed E-state index contributed by atoms with van der Waals surface area (Å²) in [7, 11) is 0. The molecule has 1 N–H and O–H groups in total. The highest BCUT2D eigenvalue weighted by Crippen LogP contribution is 2.39. The van der Waals surface area contributed by atoms with E-state index in [0.717, 1.165) is 18.3 Å². The molecule has 0 heterocycles. The fourth-order valence-electron chi connectivity index (χ4n) is 7.16. The van der Waals surface area contributed by atoms with Gasteiger partial charge in [-0.3, -0.25) is 0 Å². The Morgan fingerprint density at radius 1 is 0.816 bits per heavy atom. The minimum Gasteiger partial charge on any atom is -0.382 e. The van der Waals surface area contributed by atoms with E-state index in [9.17, 15) is 0 Å². The summed E-state index contributed by atoms with van der Waals surface area (Å²) >= 11 is 0. The van der Waals surface area contributed by atoms with Gasteiger partial charge in [-0.15, -0.1) is 0 Å². The smallest absolute Gasteiger partial charge is 0.0441 e. The van der Waals surface area contributed by atoms with Crippen molar-refractivity contribution in [3.63, 3.8) is 0 Å². The van der Waals surface area contributed by atoms with E-state index in [1.165, 1.54) is 89.2 Å². The second kappa shape index (κ2) is 11.7. The first kappa shape index (κ1) is 25.7. The Labute approximate surface area is 231 Å². The highest BCUT2D eigenvalue weighted by Gasteiger charge is 2.22. The molecule has 1 nitrogen and oxygen atoms in total. The fourth-order valence-corrected chi connectivity index (χ4v) is 7.16. The number of hydrogen-bond acceptors (Lipinski definition) is 1. The Hall–Kier alpha value is -2.54. The maximum atomic E-state index is 3.86. The van der Waals surface area contributed by atoms with Crippen LogP contribution in [0.15, 0.2) is 88.2 Å². The van der Waals surface area contributed by atoms with Crippen LogP contribution in [0.2, 0.25) is 0 Å². The van der Waals surface area contributed by atoms with Crippen molar-refractivity contribution in [2.45, 2.75) is 110 Å². The van der Waals surface area contributed by atoms with Crippen molar-refractivity contribution in [1.29, 1.82) is 0 Å². The molecule has 1 aromatic rings. The van der Waals surface area contributed by atoms with Gasteiger partial charge in [0.1, 0.15) is 0 Å². The maximum Gasteiger partial charge on any atom is 0.0441 e. The van der Waals surface area contributed by atoms with Crippen molar-refractivity contribution in [3.05, 3.63) is 105 Å². The summed E-state index contributed by atoms with van der Waals surface area (Å²) in [6.07, 6.45) is 32.5. The summed E-state index contributed by atoms with van der Waals surface area (Å²) in [5, 5.41) is 3.86. The molecule has 0 fully saturated rings. The molecule has 6 rings (SSSR count). The molecule has 0 bridgehead atoms. The maximum absolute atomic E-state index is 3.86. The Morgan fingerprint density at radius 3 is 2.39 bits per heavy atom. The second-order valence-electron chi connectivity index (χ2n) is 12.6. The van der Waals surface area contributed by atoms with Crippen LogP contribution in [0.25, 0.3) is 0 Å². The first-order valence-electron chi connectivity index (χ1n) is 15.7. The lowest BCUT2D eigenvalue weighted by Crippen LogP contribution is -2.30. The number of allylic oxidation sites excluding steroid dienone is 11. The molecule has 0 saturated carbocycles. The minimum atomic E-state index is 0.510. The lowest BCUT2D eigenvalue weighted by atomic mass is 9.78. The molecule has 1 aromatic carbocycles. The van der Waals surface area contributed by atoms with E-state index in [-0.39, 0.29) is 0 Å². The molecule has 0 radical (unpaired) electrons. The van der Waals surface area contributed by atoms with Crippen LogP contribution >= 0.6 is 0 Å². The summed E-state index contributed by atoms with van der Waals surface area (Å²) in [4.78, 5) is 0. The molecule has 5 aliphatic rings. The number of nitrogens with one attached hydrogen (secondary N) is 1. The van der Waals surface area contributed by atoms with Crippen LogP contribution in [0.4, 0.5) is 0 Å². The zero-order chi connectivity index (χ0) is 25.9. The quantitative estimate of drug-likeness (QED) is 0.330. The molecule has 3 unspecified atom stereocenters. The number of benzene rings is 1.